The number of hydrogen-bond acceptors (Lipinski definition) is 2. The van der Waals surface area contributed by atoms with E-state index in [1.807, 2.05) is 24.3 Å². The molecule has 2 aromatic rings. The van der Waals surface area contributed by atoms with Gasteiger partial charge < -0.3 is 0 Å². The summed E-state index contributed by atoms with van der Waals surface area (Å²) in [6.45, 7) is 0. The Kier molecular flexibility index (Phi) is 3.03. The third kappa shape index (κ3) is 1.95. The van der Waals surface area contributed by atoms with Gasteiger partial charge in [-0.2, -0.15) is 0 Å². The van der Waals surface area contributed by atoms with E-state index in [2.05, 4.69) is 24.3 Å². The number of Topliss-reactive ketones (excluding diaryl/α,β-unsaturated/α-hetero) is 2. The molecule has 0 N–H and O–H groups in total. The van der Waals surface area contributed by atoms with Crippen molar-refractivity contribution >= 4 is 11.6 Å². The lowest BCUT2D eigenvalue weighted by Crippen LogP contribution is -2.53. The smallest absolute Gasteiger partial charge is 0.141 e. The summed E-state index contributed by atoms with van der Waals surface area (Å²) in [5, 5.41) is 0. The maximum atomic E-state index is 13.2. The highest BCUT2D eigenvalue weighted by molar-refractivity contribution is 6.00. The topological polar surface area (TPSA) is 34.1 Å². The molecule has 24 heavy (non-hydrogen) atoms. The van der Waals surface area contributed by atoms with Crippen LogP contribution in [0.15, 0.2) is 48.5 Å². The first-order valence-electron chi connectivity index (χ1n) is 8.93. The Morgan fingerprint density at radius 2 is 0.750 bits per heavy atom. The molecular formula is C22H20O2. The molecule has 0 radical (unpaired) electrons. The molecule has 1 saturated carbocycles. The quantitative estimate of drug-likeness (QED) is 0.748. The Bertz CT molecular complexity index is 713. The molecule has 1 fully saturated rings. The molecule has 0 amide bonds. The Hall–Kier alpha value is -2.22. The minimum absolute atomic E-state index is 0.0982. The second-order valence-electron chi connectivity index (χ2n) is 7.58. The highest BCUT2D eigenvalue weighted by Crippen LogP contribution is 2.44. The lowest BCUT2D eigenvalue weighted by molar-refractivity contribution is -0.148. The van der Waals surface area contributed by atoms with Gasteiger partial charge in [0, 0.05) is 23.7 Å². The fraction of sp³-hybridized carbons (Fsp3) is 0.364. The molecule has 0 spiro atoms. The standard InChI is InChI=1S/C22H20O2/c23-21-17-9-13-5-1-2-6-14(13)10-18(17)22(24)20-12-16-8-4-3-7-15(16)11-19(20)21/h1-8,17-20H,9-12H2. The maximum absolute atomic E-state index is 13.2. The van der Waals surface area contributed by atoms with E-state index >= 15 is 0 Å². The van der Waals surface area contributed by atoms with Gasteiger partial charge in [0.1, 0.15) is 11.6 Å². The van der Waals surface area contributed by atoms with E-state index in [0.717, 1.165) is 25.7 Å². The summed E-state index contributed by atoms with van der Waals surface area (Å²) in [5.74, 6) is 0.290. The van der Waals surface area contributed by atoms with E-state index in [4.69, 9.17) is 0 Å². The zero-order valence-electron chi connectivity index (χ0n) is 13.6. The molecule has 0 saturated heterocycles. The Balaban J connectivity index is 1.54. The SMILES string of the molecule is O=C1C2Cc3ccccc3CC2C(=O)C2Cc3ccccc3CC12. The fourth-order valence-electron chi connectivity index (χ4n) is 5.17. The van der Waals surface area contributed by atoms with Crippen molar-refractivity contribution in [1.29, 1.82) is 0 Å². The molecule has 2 aromatic carbocycles. The minimum atomic E-state index is -0.0982. The summed E-state index contributed by atoms with van der Waals surface area (Å²) in [6, 6.07) is 16.6. The molecule has 0 heterocycles. The van der Waals surface area contributed by atoms with Crippen molar-refractivity contribution in [3.8, 4) is 0 Å². The van der Waals surface area contributed by atoms with Gasteiger partial charge in [0.15, 0.2) is 0 Å². The van der Waals surface area contributed by atoms with Gasteiger partial charge in [-0.25, -0.2) is 0 Å². The van der Waals surface area contributed by atoms with Crippen LogP contribution in [0.2, 0.25) is 0 Å². The van der Waals surface area contributed by atoms with Crippen molar-refractivity contribution < 1.29 is 9.59 Å². The molecule has 3 aliphatic carbocycles. The molecule has 0 aromatic heterocycles. The van der Waals surface area contributed by atoms with Crippen molar-refractivity contribution in [2.45, 2.75) is 25.7 Å². The summed E-state index contributed by atoms with van der Waals surface area (Å²) < 4.78 is 0. The van der Waals surface area contributed by atoms with E-state index in [1.54, 1.807) is 0 Å². The lowest BCUT2D eigenvalue weighted by atomic mass is 9.57. The van der Waals surface area contributed by atoms with Crippen molar-refractivity contribution in [3.63, 3.8) is 0 Å². The molecule has 120 valence electrons. The average molecular weight is 316 g/mol. The van der Waals surface area contributed by atoms with Crippen LogP contribution in [0.1, 0.15) is 22.3 Å². The van der Waals surface area contributed by atoms with Crippen molar-refractivity contribution in [3.05, 3.63) is 70.8 Å². The van der Waals surface area contributed by atoms with Crippen LogP contribution in [-0.4, -0.2) is 11.6 Å². The molecule has 5 rings (SSSR count). The van der Waals surface area contributed by atoms with Crippen LogP contribution in [0.3, 0.4) is 0 Å². The fourth-order valence-corrected chi connectivity index (χ4v) is 5.17. The average Bonchev–Trinajstić information content (AvgIpc) is 2.64. The molecule has 0 bridgehead atoms. The van der Waals surface area contributed by atoms with E-state index < -0.39 is 0 Å². The molecular weight excluding hydrogens is 296 g/mol. The maximum Gasteiger partial charge on any atom is 0.141 e. The monoisotopic (exact) mass is 316 g/mol. The van der Waals surface area contributed by atoms with Gasteiger partial charge in [-0.3, -0.25) is 9.59 Å². The minimum Gasteiger partial charge on any atom is -0.299 e. The van der Waals surface area contributed by atoms with E-state index in [1.165, 1.54) is 22.3 Å². The first-order valence-corrected chi connectivity index (χ1v) is 8.93. The Labute approximate surface area is 141 Å². The van der Waals surface area contributed by atoms with Gasteiger partial charge >= 0.3 is 0 Å². The third-order valence-corrected chi connectivity index (χ3v) is 6.43. The zero-order chi connectivity index (χ0) is 16.3. The highest BCUT2D eigenvalue weighted by Gasteiger charge is 2.51. The second-order valence-corrected chi connectivity index (χ2v) is 7.58. The Morgan fingerprint density at radius 1 is 0.500 bits per heavy atom. The summed E-state index contributed by atoms with van der Waals surface area (Å²) in [5.41, 5.74) is 5.04. The van der Waals surface area contributed by atoms with Gasteiger partial charge in [-0.05, 0) is 47.9 Å². The second kappa shape index (κ2) is 5.14. The molecule has 3 aliphatic rings. The third-order valence-electron chi connectivity index (χ3n) is 6.43. The van der Waals surface area contributed by atoms with Gasteiger partial charge in [0.2, 0.25) is 0 Å². The molecule has 0 aliphatic heterocycles. The number of carbonyl (C=O) groups is 2. The first kappa shape index (κ1) is 14.2. The van der Waals surface area contributed by atoms with Crippen LogP contribution in [0.5, 0.6) is 0 Å². The van der Waals surface area contributed by atoms with Crippen molar-refractivity contribution in [1.82, 2.24) is 0 Å². The number of benzene rings is 2. The van der Waals surface area contributed by atoms with Gasteiger partial charge in [-0.15, -0.1) is 0 Å². The van der Waals surface area contributed by atoms with Gasteiger partial charge in [-0.1, -0.05) is 48.5 Å². The number of rotatable bonds is 0. The van der Waals surface area contributed by atoms with Gasteiger partial charge in [0.25, 0.3) is 0 Å². The number of fused-ring (bicyclic) bond motifs is 4. The highest BCUT2D eigenvalue weighted by atomic mass is 16.1. The van der Waals surface area contributed by atoms with Gasteiger partial charge in [0.05, 0.1) is 0 Å². The summed E-state index contributed by atoms with van der Waals surface area (Å²) in [4.78, 5) is 26.4. The normalized spacial score (nSPS) is 30.8. The molecule has 2 nitrogen and oxygen atoms in total. The van der Waals surface area contributed by atoms with Crippen LogP contribution < -0.4 is 0 Å². The van der Waals surface area contributed by atoms with Crippen molar-refractivity contribution in [2.75, 3.05) is 0 Å². The number of carbonyl (C=O) groups excluding carboxylic acids is 2. The number of hydrogen-bond donors (Lipinski definition) is 0. The largest absolute Gasteiger partial charge is 0.299 e. The van der Waals surface area contributed by atoms with E-state index in [-0.39, 0.29) is 23.7 Å². The summed E-state index contributed by atoms with van der Waals surface area (Å²) >= 11 is 0. The van der Waals surface area contributed by atoms with Crippen LogP contribution in [0.25, 0.3) is 0 Å². The predicted octanol–water partition coefficient (Wildman–Crippen LogP) is 3.20. The zero-order valence-corrected chi connectivity index (χ0v) is 13.6. The molecule has 2 heteroatoms. The molecule has 4 unspecified atom stereocenters. The van der Waals surface area contributed by atoms with Crippen LogP contribution >= 0.6 is 0 Å². The molecule has 4 atom stereocenters. The van der Waals surface area contributed by atoms with Crippen LogP contribution in [-0.2, 0) is 35.3 Å². The Morgan fingerprint density at radius 3 is 1.00 bits per heavy atom. The van der Waals surface area contributed by atoms with E-state index in [9.17, 15) is 9.59 Å². The predicted molar refractivity (Wildman–Crippen MR) is 91.7 cm³/mol. The van der Waals surface area contributed by atoms with Crippen molar-refractivity contribution in [2.24, 2.45) is 23.7 Å². The summed E-state index contributed by atoms with van der Waals surface area (Å²) in [7, 11) is 0. The van der Waals surface area contributed by atoms with E-state index in [0.29, 0.717) is 11.6 Å². The lowest BCUT2D eigenvalue weighted by Gasteiger charge is -2.44. The van der Waals surface area contributed by atoms with Crippen LogP contribution in [0, 0.1) is 23.7 Å². The first-order chi connectivity index (χ1) is 11.7. The van der Waals surface area contributed by atoms with Crippen LogP contribution in [0.4, 0.5) is 0 Å². The summed E-state index contributed by atoms with van der Waals surface area (Å²) in [6.07, 6.45) is 2.99. The number of ketones is 2.